The van der Waals surface area contributed by atoms with Crippen molar-refractivity contribution >= 4 is 35.6 Å². The minimum Gasteiger partial charge on any atom is -0.338 e. The van der Waals surface area contributed by atoms with Crippen LogP contribution >= 0.6 is 18.7 Å². The summed E-state index contributed by atoms with van der Waals surface area (Å²) in [6.07, 6.45) is 1.45. The Balaban J connectivity index is 1.80. The molecule has 0 N–H and O–H groups in total. The lowest BCUT2D eigenvalue weighted by molar-refractivity contribution is -0.380. The van der Waals surface area contributed by atoms with E-state index in [1.807, 2.05) is 30.3 Å². The molecule has 31 heavy (non-hydrogen) atoms. The number of carbonyl (C=O) groups is 2. The van der Waals surface area contributed by atoms with Crippen molar-refractivity contribution in [3.05, 3.63) is 63.0 Å². The van der Waals surface area contributed by atoms with Crippen LogP contribution in [0.25, 0.3) is 0 Å². The average Bonchev–Trinajstić information content (AvgIpc) is 3.22. The highest BCUT2D eigenvalue weighted by Gasteiger charge is 2.44. The molecule has 0 radical (unpaired) electrons. The quantitative estimate of drug-likeness (QED) is 0.309. The number of nitro groups is 1. The van der Waals surface area contributed by atoms with Gasteiger partial charge in [-0.1, -0.05) is 41.7 Å². The molecule has 1 fully saturated rings. The summed E-state index contributed by atoms with van der Waals surface area (Å²) in [5.74, 6) is -1.16. The molecular weight excluding hydrogens is 443 g/mol. The number of hydrogen-bond acceptors (Lipinski definition) is 8. The molecule has 0 spiro atoms. The van der Waals surface area contributed by atoms with E-state index in [0.717, 1.165) is 22.0 Å². The molecule has 1 aromatic heterocycles. The first kappa shape index (κ1) is 23.1. The number of thiophene rings is 1. The van der Waals surface area contributed by atoms with Gasteiger partial charge in [-0.3, -0.25) is 24.3 Å². The van der Waals surface area contributed by atoms with Crippen LogP contribution in [-0.2, 0) is 36.5 Å². The molecule has 3 rings (SSSR count). The number of benzene rings is 1. The maximum absolute atomic E-state index is 14.0. The van der Waals surface area contributed by atoms with Crippen LogP contribution in [0.15, 0.2) is 42.5 Å². The van der Waals surface area contributed by atoms with Crippen LogP contribution < -0.4 is 0 Å². The van der Waals surface area contributed by atoms with Crippen LogP contribution in [0.2, 0.25) is 0 Å². The summed E-state index contributed by atoms with van der Waals surface area (Å²) in [5.41, 5.74) is 0.0254. The number of rotatable bonds is 9. The fourth-order valence-electron chi connectivity index (χ4n) is 3.39. The lowest BCUT2D eigenvalue weighted by atomic mass is 10.1. The Labute approximate surface area is 183 Å². The van der Waals surface area contributed by atoms with Gasteiger partial charge in [-0.15, -0.1) is 0 Å². The topological polar surface area (TPSA) is 116 Å². The van der Waals surface area contributed by atoms with E-state index in [1.165, 1.54) is 13.0 Å². The molecular formula is C20H23N2O7PS. The van der Waals surface area contributed by atoms with Gasteiger partial charge in [-0.05, 0) is 30.9 Å². The van der Waals surface area contributed by atoms with Gasteiger partial charge in [0.2, 0.25) is 7.37 Å². The van der Waals surface area contributed by atoms with E-state index in [2.05, 4.69) is 0 Å². The van der Waals surface area contributed by atoms with Crippen molar-refractivity contribution < 1.29 is 28.4 Å². The summed E-state index contributed by atoms with van der Waals surface area (Å²) in [6.45, 7) is 1.35. The number of nitrogens with zero attached hydrogens (tertiary/aromatic N) is 2. The van der Waals surface area contributed by atoms with Gasteiger partial charge in [0.1, 0.15) is 5.66 Å². The Morgan fingerprint density at radius 2 is 2.03 bits per heavy atom. The predicted molar refractivity (Wildman–Crippen MR) is 115 cm³/mol. The molecule has 9 nitrogen and oxygen atoms in total. The number of hydroxylamine groups is 2. The largest absolute Gasteiger partial charge is 0.338 e. The van der Waals surface area contributed by atoms with Crippen LogP contribution in [0.5, 0.6) is 0 Å². The standard InChI is InChI=1S/C20H23N2O7PS/c1-15(23)29-21-12-5-8-18(20(21)24)30(27,13-11-16-6-3-2-4-7-16)28-14-17-9-10-19(31-17)22(25)26/h2-4,6-7,9-10,18H,5,8,11-14H2,1H3. The molecule has 1 amide bonds. The van der Waals surface area contributed by atoms with Crippen molar-refractivity contribution in [1.29, 1.82) is 0 Å². The van der Waals surface area contributed by atoms with Crippen molar-refractivity contribution in [2.75, 3.05) is 12.7 Å². The van der Waals surface area contributed by atoms with Gasteiger partial charge >= 0.3 is 11.0 Å². The zero-order valence-corrected chi connectivity index (χ0v) is 18.7. The van der Waals surface area contributed by atoms with Gasteiger partial charge < -0.3 is 9.36 Å². The van der Waals surface area contributed by atoms with Crippen molar-refractivity contribution in [3.63, 3.8) is 0 Å². The minimum atomic E-state index is -3.52. The van der Waals surface area contributed by atoms with Crippen LogP contribution in [0.1, 0.15) is 30.2 Å². The molecule has 1 aliphatic rings. The van der Waals surface area contributed by atoms with Crippen molar-refractivity contribution in [1.82, 2.24) is 5.06 Å². The number of piperidine rings is 1. The molecule has 2 atom stereocenters. The van der Waals surface area contributed by atoms with Crippen LogP contribution in [0, 0.1) is 10.1 Å². The minimum absolute atomic E-state index is 0.0347. The molecule has 166 valence electrons. The first-order valence-corrected chi connectivity index (χ1v) is 12.5. The monoisotopic (exact) mass is 466 g/mol. The molecule has 0 saturated carbocycles. The highest BCUT2D eigenvalue weighted by molar-refractivity contribution is 7.60. The molecule has 0 aliphatic carbocycles. The number of carbonyl (C=O) groups excluding carboxylic acids is 2. The third-order valence-corrected chi connectivity index (χ3v) is 8.74. The van der Waals surface area contributed by atoms with E-state index in [1.54, 1.807) is 6.07 Å². The molecule has 1 aliphatic heterocycles. The van der Waals surface area contributed by atoms with Crippen molar-refractivity contribution in [2.24, 2.45) is 0 Å². The predicted octanol–water partition coefficient (Wildman–Crippen LogP) is 4.16. The normalized spacial score (nSPS) is 18.4. The van der Waals surface area contributed by atoms with Gasteiger partial charge in [0.25, 0.3) is 5.91 Å². The molecule has 1 aromatic carbocycles. The summed E-state index contributed by atoms with van der Waals surface area (Å²) < 4.78 is 19.8. The van der Waals surface area contributed by atoms with Gasteiger partial charge in [0.05, 0.1) is 18.1 Å². The van der Waals surface area contributed by atoms with Crippen LogP contribution in [0.4, 0.5) is 5.00 Å². The summed E-state index contributed by atoms with van der Waals surface area (Å²) in [6, 6.07) is 12.4. The third kappa shape index (κ3) is 6.00. The second kappa shape index (κ2) is 10.2. The molecule has 1 saturated heterocycles. The number of hydrogen-bond donors (Lipinski definition) is 0. The zero-order valence-electron chi connectivity index (χ0n) is 17.0. The summed E-state index contributed by atoms with van der Waals surface area (Å²) in [4.78, 5) is 40.2. The molecule has 2 aromatic rings. The highest BCUT2D eigenvalue weighted by atomic mass is 32.1. The van der Waals surface area contributed by atoms with E-state index < -0.39 is 29.8 Å². The molecule has 11 heteroatoms. The Morgan fingerprint density at radius 1 is 1.29 bits per heavy atom. The average molecular weight is 466 g/mol. The summed E-state index contributed by atoms with van der Waals surface area (Å²) in [7, 11) is -3.52. The lowest BCUT2D eigenvalue weighted by Crippen LogP contribution is -2.45. The first-order chi connectivity index (χ1) is 14.8. The van der Waals surface area contributed by atoms with Gasteiger partial charge in [-0.25, -0.2) is 0 Å². The Morgan fingerprint density at radius 3 is 2.68 bits per heavy atom. The van der Waals surface area contributed by atoms with Gasteiger partial charge in [0.15, 0.2) is 0 Å². The van der Waals surface area contributed by atoms with Gasteiger partial charge in [-0.2, -0.15) is 5.06 Å². The van der Waals surface area contributed by atoms with E-state index in [-0.39, 0.29) is 24.3 Å². The van der Waals surface area contributed by atoms with E-state index in [9.17, 15) is 24.3 Å². The maximum atomic E-state index is 14.0. The Bertz CT molecular complexity index is 994. The smallest absolute Gasteiger partial charge is 0.329 e. The molecule has 0 bridgehead atoms. The Hall–Kier alpha value is -2.55. The fourth-order valence-corrected chi connectivity index (χ4v) is 6.80. The maximum Gasteiger partial charge on any atom is 0.329 e. The second-order valence-corrected chi connectivity index (χ2v) is 11.1. The number of amides is 1. The number of aryl methyl sites for hydroxylation is 1. The summed E-state index contributed by atoms with van der Waals surface area (Å²) in [5, 5.41) is 11.8. The first-order valence-electron chi connectivity index (χ1n) is 9.79. The highest BCUT2D eigenvalue weighted by Crippen LogP contribution is 2.56. The SMILES string of the molecule is CC(=O)ON1CCCC(P(=O)(CCc2ccccc2)OCc2ccc([N+](=O)[O-])s2)C1=O. The zero-order chi connectivity index (χ0) is 22.4. The fraction of sp³-hybridized carbons (Fsp3) is 0.400. The lowest BCUT2D eigenvalue weighted by Gasteiger charge is -2.34. The van der Waals surface area contributed by atoms with Crippen LogP contribution in [0.3, 0.4) is 0 Å². The van der Waals surface area contributed by atoms with Crippen molar-refractivity contribution in [2.45, 2.75) is 38.5 Å². The van der Waals surface area contributed by atoms with Gasteiger partial charge in [0, 0.05) is 24.0 Å². The van der Waals surface area contributed by atoms with Crippen LogP contribution in [-0.4, -0.2) is 40.2 Å². The van der Waals surface area contributed by atoms with E-state index in [0.29, 0.717) is 24.1 Å². The van der Waals surface area contributed by atoms with E-state index >= 15 is 0 Å². The third-order valence-electron chi connectivity index (χ3n) is 4.89. The second-order valence-electron chi connectivity index (χ2n) is 7.14. The summed E-state index contributed by atoms with van der Waals surface area (Å²) >= 11 is 0.943. The molecule has 2 heterocycles. The van der Waals surface area contributed by atoms with E-state index in [4.69, 9.17) is 9.36 Å². The Kier molecular flexibility index (Phi) is 7.59. The molecule has 2 unspecified atom stereocenters. The van der Waals surface area contributed by atoms with Crippen molar-refractivity contribution in [3.8, 4) is 0 Å².